The summed E-state index contributed by atoms with van der Waals surface area (Å²) in [5.74, 6) is -1.08. The van der Waals surface area contributed by atoms with Crippen LogP contribution in [-0.2, 0) is 16.0 Å². The Hall–Kier alpha value is -1.91. The largest absolute Gasteiger partial charge is 0.343 e. The number of pyridine rings is 1. The number of rotatable bonds is 3. The molecular formula is C14H21N3O2. The van der Waals surface area contributed by atoms with Crippen LogP contribution in [-0.4, -0.2) is 40.8 Å². The number of nitrogens with one attached hydrogen (secondary N) is 1. The van der Waals surface area contributed by atoms with Crippen molar-refractivity contribution in [2.24, 2.45) is 0 Å². The number of hydrogen-bond donors (Lipinski definition) is 1. The number of carbonyl (C=O) groups excluding carboxylic acids is 2. The Morgan fingerprint density at radius 3 is 2.37 bits per heavy atom. The molecule has 5 heteroatoms. The monoisotopic (exact) mass is 263 g/mol. The second-order valence-electron chi connectivity index (χ2n) is 5.54. The number of amides is 2. The van der Waals surface area contributed by atoms with E-state index in [4.69, 9.17) is 0 Å². The van der Waals surface area contributed by atoms with E-state index in [-0.39, 0.29) is 0 Å². The molecule has 0 aliphatic rings. The van der Waals surface area contributed by atoms with Crippen LogP contribution in [0.2, 0.25) is 0 Å². The second-order valence-corrected chi connectivity index (χ2v) is 5.54. The van der Waals surface area contributed by atoms with Crippen molar-refractivity contribution in [2.75, 3.05) is 13.6 Å². The van der Waals surface area contributed by atoms with Crippen LogP contribution >= 0.6 is 0 Å². The van der Waals surface area contributed by atoms with Gasteiger partial charge in [-0.25, -0.2) is 0 Å². The molecule has 2 amide bonds. The van der Waals surface area contributed by atoms with Crippen LogP contribution in [0.3, 0.4) is 0 Å². The molecule has 0 saturated heterocycles. The quantitative estimate of drug-likeness (QED) is 0.827. The van der Waals surface area contributed by atoms with Crippen LogP contribution in [0.25, 0.3) is 0 Å². The zero-order chi connectivity index (χ0) is 14.5. The Kier molecular flexibility index (Phi) is 5.03. The Labute approximate surface area is 114 Å². The highest BCUT2D eigenvalue weighted by Gasteiger charge is 2.22. The number of aromatic nitrogens is 1. The highest BCUT2D eigenvalue weighted by Crippen LogP contribution is 2.01. The fraction of sp³-hybridized carbons (Fsp3) is 0.500. The molecule has 1 heterocycles. The van der Waals surface area contributed by atoms with Crippen molar-refractivity contribution < 1.29 is 9.59 Å². The van der Waals surface area contributed by atoms with Crippen molar-refractivity contribution in [1.29, 1.82) is 0 Å². The summed E-state index contributed by atoms with van der Waals surface area (Å²) < 4.78 is 0. The maximum absolute atomic E-state index is 11.8. The molecule has 0 unspecified atom stereocenters. The van der Waals surface area contributed by atoms with Gasteiger partial charge in [0, 0.05) is 31.5 Å². The van der Waals surface area contributed by atoms with E-state index in [2.05, 4.69) is 10.3 Å². The van der Waals surface area contributed by atoms with Gasteiger partial charge < -0.3 is 10.2 Å². The van der Waals surface area contributed by atoms with Crippen LogP contribution in [0.15, 0.2) is 24.5 Å². The molecule has 1 N–H and O–H groups in total. The van der Waals surface area contributed by atoms with Gasteiger partial charge in [-0.05, 0) is 44.9 Å². The summed E-state index contributed by atoms with van der Waals surface area (Å²) in [6.07, 6.45) is 4.13. The van der Waals surface area contributed by atoms with E-state index in [1.807, 2.05) is 32.9 Å². The molecule has 0 radical (unpaired) electrons. The summed E-state index contributed by atoms with van der Waals surface area (Å²) in [6.45, 7) is 6.03. The van der Waals surface area contributed by atoms with Crippen molar-refractivity contribution in [3.63, 3.8) is 0 Å². The standard InChI is InChI=1S/C14H21N3O2/c1-14(2,3)16-12(18)13(19)17(4)10-7-11-5-8-15-9-6-11/h5-6,8-9H,7,10H2,1-4H3,(H,16,18). The molecule has 0 fully saturated rings. The fourth-order valence-corrected chi connectivity index (χ4v) is 1.52. The Morgan fingerprint density at radius 1 is 1.26 bits per heavy atom. The summed E-state index contributed by atoms with van der Waals surface area (Å²) in [4.78, 5) is 28.9. The van der Waals surface area contributed by atoms with Crippen LogP contribution < -0.4 is 5.32 Å². The Bertz CT molecular complexity index is 438. The van der Waals surface area contributed by atoms with Gasteiger partial charge >= 0.3 is 11.8 Å². The predicted molar refractivity (Wildman–Crippen MR) is 73.5 cm³/mol. The molecule has 0 spiro atoms. The van der Waals surface area contributed by atoms with Crippen molar-refractivity contribution in [1.82, 2.24) is 15.2 Å². The fourth-order valence-electron chi connectivity index (χ4n) is 1.52. The molecule has 1 aromatic heterocycles. The van der Waals surface area contributed by atoms with E-state index >= 15 is 0 Å². The van der Waals surface area contributed by atoms with Gasteiger partial charge in [-0.2, -0.15) is 0 Å². The molecule has 0 saturated carbocycles. The summed E-state index contributed by atoms with van der Waals surface area (Å²) >= 11 is 0. The van der Waals surface area contributed by atoms with Gasteiger partial charge in [0.15, 0.2) is 0 Å². The molecule has 0 aromatic carbocycles. The third-order valence-electron chi connectivity index (χ3n) is 2.51. The van der Waals surface area contributed by atoms with Crippen LogP contribution in [0.1, 0.15) is 26.3 Å². The van der Waals surface area contributed by atoms with E-state index in [0.29, 0.717) is 13.0 Å². The lowest BCUT2D eigenvalue weighted by atomic mass is 10.1. The third kappa shape index (κ3) is 5.50. The summed E-state index contributed by atoms with van der Waals surface area (Å²) in [6, 6.07) is 3.79. The average Bonchev–Trinajstić information content (AvgIpc) is 2.34. The molecule has 0 aliphatic carbocycles. The maximum Gasteiger partial charge on any atom is 0.311 e. The lowest BCUT2D eigenvalue weighted by Gasteiger charge is -2.22. The zero-order valence-electron chi connectivity index (χ0n) is 11.9. The van der Waals surface area contributed by atoms with E-state index in [1.165, 1.54) is 4.90 Å². The van der Waals surface area contributed by atoms with E-state index in [0.717, 1.165) is 5.56 Å². The smallest absolute Gasteiger partial charge is 0.311 e. The van der Waals surface area contributed by atoms with Crippen LogP contribution in [0.5, 0.6) is 0 Å². The van der Waals surface area contributed by atoms with E-state index < -0.39 is 17.4 Å². The summed E-state index contributed by atoms with van der Waals surface area (Å²) in [5.41, 5.74) is 0.685. The minimum Gasteiger partial charge on any atom is -0.343 e. The first-order chi connectivity index (χ1) is 8.79. The number of likely N-dealkylation sites (N-methyl/N-ethyl adjacent to an activating group) is 1. The van der Waals surface area contributed by atoms with E-state index in [1.54, 1.807) is 19.4 Å². The van der Waals surface area contributed by atoms with Gasteiger partial charge in [0.2, 0.25) is 0 Å². The van der Waals surface area contributed by atoms with Gasteiger partial charge in [-0.3, -0.25) is 14.6 Å². The van der Waals surface area contributed by atoms with Gasteiger partial charge in [0.1, 0.15) is 0 Å². The Balaban J connectivity index is 2.47. The molecule has 1 rings (SSSR count). The number of hydrogen-bond acceptors (Lipinski definition) is 3. The maximum atomic E-state index is 11.8. The highest BCUT2D eigenvalue weighted by atomic mass is 16.2. The predicted octanol–water partition coefficient (Wildman–Crippen LogP) is 0.997. The molecule has 0 aliphatic heterocycles. The highest BCUT2D eigenvalue weighted by molar-refractivity contribution is 6.35. The topological polar surface area (TPSA) is 62.3 Å². The molecule has 5 nitrogen and oxygen atoms in total. The van der Waals surface area contributed by atoms with Crippen LogP contribution in [0.4, 0.5) is 0 Å². The summed E-state index contributed by atoms with van der Waals surface area (Å²) in [7, 11) is 1.63. The minimum absolute atomic E-state index is 0.404. The average molecular weight is 263 g/mol. The molecule has 0 atom stereocenters. The SMILES string of the molecule is CN(CCc1ccncc1)C(=O)C(=O)NC(C)(C)C. The van der Waals surface area contributed by atoms with Gasteiger partial charge in [-0.1, -0.05) is 0 Å². The normalized spacial score (nSPS) is 10.9. The molecule has 1 aromatic rings. The van der Waals surface area contributed by atoms with Crippen molar-refractivity contribution in [3.8, 4) is 0 Å². The lowest BCUT2D eigenvalue weighted by Crippen LogP contribution is -2.48. The first-order valence-electron chi connectivity index (χ1n) is 6.26. The zero-order valence-corrected chi connectivity index (χ0v) is 11.9. The number of carbonyl (C=O) groups is 2. The minimum atomic E-state index is -0.565. The van der Waals surface area contributed by atoms with Crippen molar-refractivity contribution in [3.05, 3.63) is 30.1 Å². The first kappa shape index (κ1) is 15.1. The lowest BCUT2D eigenvalue weighted by molar-refractivity contribution is -0.145. The number of nitrogens with zero attached hydrogens (tertiary/aromatic N) is 2. The second kappa shape index (κ2) is 6.31. The van der Waals surface area contributed by atoms with Gasteiger partial charge in [-0.15, -0.1) is 0 Å². The third-order valence-corrected chi connectivity index (χ3v) is 2.51. The van der Waals surface area contributed by atoms with Gasteiger partial charge in [0.25, 0.3) is 0 Å². The molecule has 104 valence electrons. The van der Waals surface area contributed by atoms with Crippen molar-refractivity contribution >= 4 is 11.8 Å². The first-order valence-corrected chi connectivity index (χ1v) is 6.26. The van der Waals surface area contributed by atoms with Crippen LogP contribution in [0, 0.1) is 0 Å². The molecule has 0 bridgehead atoms. The molecular weight excluding hydrogens is 242 g/mol. The van der Waals surface area contributed by atoms with Crippen molar-refractivity contribution in [2.45, 2.75) is 32.7 Å². The van der Waals surface area contributed by atoms with Gasteiger partial charge in [0.05, 0.1) is 0 Å². The summed E-state index contributed by atoms with van der Waals surface area (Å²) in [5, 5.41) is 2.66. The molecule has 19 heavy (non-hydrogen) atoms. The van der Waals surface area contributed by atoms with E-state index in [9.17, 15) is 9.59 Å². The Morgan fingerprint density at radius 2 is 1.84 bits per heavy atom.